The van der Waals surface area contributed by atoms with E-state index in [9.17, 15) is 0 Å². The molecule has 0 aromatic rings. The number of hydrogen-bond acceptors (Lipinski definition) is 1. The summed E-state index contributed by atoms with van der Waals surface area (Å²) in [6.45, 7) is 8.25. The van der Waals surface area contributed by atoms with Gasteiger partial charge in [0.1, 0.15) is 0 Å². The van der Waals surface area contributed by atoms with E-state index in [1.807, 2.05) is 0 Å². The molecule has 0 aromatic heterocycles. The molecule has 0 heterocycles. The fraction of sp³-hybridized carbons (Fsp3) is 0.667. The summed E-state index contributed by atoms with van der Waals surface area (Å²) in [4.78, 5) is 0. The number of rotatable bonds is 5. The SMILES string of the molecule is C=C(C)CCNCC1CC=CCC1. The minimum Gasteiger partial charge on any atom is -0.316 e. The van der Waals surface area contributed by atoms with Gasteiger partial charge in [-0.2, -0.15) is 0 Å². The van der Waals surface area contributed by atoms with E-state index in [0.717, 1.165) is 18.9 Å². The van der Waals surface area contributed by atoms with Gasteiger partial charge in [0, 0.05) is 0 Å². The first-order valence-corrected chi connectivity index (χ1v) is 5.29. The van der Waals surface area contributed by atoms with Gasteiger partial charge in [-0.25, -0.2) is 0 Å². The molecule has 1 unspecified atom stereocenters. The van der Waals surface area contributed by atoms with Crippen molar-refractivity contribution in [2.75, 3.05) is 13.1 Å². The maximum absolute atomic E-state index is 3.89. The Hall–Kier alpha value is -0.560. The smallest absolute Gasteiger partial charge is 0.00117 e. The molecule has 1 rings (SSSR count). The normalized spacial score (nSPS) is 21.8. The molecule has 0 amide bonds. The van der Waals surface area contributed by atoms with Crippen molar-refractivity contribution in [3.8, 4) is 0 Å². The fourth-order valence-corrected chi connectivity index (χ4v) is 1.65. The molecular weight excluding hydrogens is 158 g/mol. The van der Waals surface area contributed by atoms with E-state index in [2.05, 4.69) is 31.0 Å². The van der Waals surface area contributed by atoms with E-state index < -0.39 is 0 Å². The van der Waals surface area contributed by atoms with E-state index in [1.54, 1.807) is 0 Å². The van der Waals surface area contributed by atoms with E-state index in [1.165, 1.54) is 31.4 Å². The van der Waals surface area contributed by atoms with Crippen molar-refractivity contribution in [2.45, 2.75) is 32.6 Å². The quantitative estimate of drug-likeness (QED) is 0.505. The van der Waals surface area contributed by atoms with Crippen LogP contribution in [0.5, 0.6) is 0 Å². The highest BCUT2D eigenvalue weighted by atomic mass is 14.9. The zero-order chi connectivity index (χ0) is 9.52. The summed E-state index contributed by atoms with van der Waals surface area (Å²) >= 11 is 0. The molecule has 1 aliphatic carbocycles. The Morgan fingerprint density at radius 1 is 1.54 bits per heavy atom. The Bertz CT molecular complexity index is 182. The zero-order valence-electron chi connectivity index (χ0n) is 8.68. The van der Waals surface area contributed by atoms with E-state index in [-0.39, 0.29) is 0 Å². The molecule has 1 atom stereocenters. The van der Waals surface area contributed by atoms with Crippen molar-refractivity contribution in [1.82, 2.24) is 5.32 Å². The van der Waals surface area contributed by atoms with Crippen LogP contribution in [0, 0.1) is 5.92 Å². The van der Waals surface area contributed by atoms with Gasteiger partial charge in [0.25, 0.3) is 0 Å². The van der Waals surface area contributed by atoms with E-state index in [0.29, 0.717) is 0 Å². The van der Waals surface area contributed by atoms with Gasteiger partial charge in [-0.05, 0) is 51.6 Å². The van der Waals surface area contributed by atoms with Crippen LogP contribution in [0.25, 0.3) is 0 Å². The molecule has 0 radical (unpaired) electrons. The van der Waals surface area contributed by atoms with Crippen LogP contribution in [0.4, 0.5) is 0 Å². The molecule has 0 bridgehead atoms. The lowest BCUT2D eigenvalue weighted by Gasteiger charge is -2.18. The molecule has 0 aromatic carbocycles. The van der Waals surface area contributed by atoms with Crippen LogP contribution in [0.2, 0.25) is 0 Å². The molecular formula is C12H21N. The minimum absolute atomic E-state index is 0.870. The molecule has 0 saturated carbocycles. The number of allylic oxidation sites excluding steroid dienone is 2. The van der Waals surface area contributed by atoms with Crippen LogP contribution in [-0.4, -0.2) is 13.1 Å². The Labute approximate surface area is 81.9 Å². The molecule has 74 valence electrons. The number of hydrogen-bond donors (Lipinski definition) is 1. The molecule has 1 nitrogen and oxygen atoms in total. The van der Waals surface area contributed by atoms with Gasteiger partial charge >= 0.3 is 0 Å². The van der Waals surface area contributed by atoms with Gasteiger partial charge in [0.05, 0.1) is 0 Å². The van der Waals surface area contributed by atoms with Crippen LogP contribution >= 0.6 is 0 Å². The van der Waals surface area contributed by atoms with E-state index in [4.69, 9.17) is 0 Å². The van der Waals surface area contributed by atoms with Crippen molar-refractivity contribution in [2.24, 2.45) is 5.92 Å². The van der Waals surface area contributed by atoms with Crippen LogP contribution in [0.15, 0.2) is 24.3 Å². The Morgan fingerprint density at radius 3 is 3.00 bits per heavy atom. The topological polar surface area (TPSA) is 12.0 Å². The second-order valence-corrected chi connectivity index (χ2v) is 4.06. The van der Waals surface area contributed by atoms with Gasteiger partial charge in [-0.1, -0.05) is 17.7 Å². The zero-order valence-corrected chi connectivity index (χ0v) is 8.68. The summed E-state index contributed by atoms with van der Waals surface area (Å²) in [5.41, 5.74) is 1.27. The molecule has 0 fully saturated rings. The Kier molecular flexibility index (Phi) is 4.84. The first kappa shape index (κ1) is 10.5. The third-order valence-electron chi connectivity index (χ3n) is 2.54. The summed E-state index contributed by atoms with van der Waals surface area (Å²) in [5.74, 6) is 0.870. The molecule has 0 spiro atoms. The van der Waals surface area contributed by atoms with Crippen molar-refractivity contribution < 1.29 is 0 Å². The molecule has 0 aliphatic heterocycles. The lowest BCUT2D eigenvalue weighted by Crippen LogP contribution is -2.24. The monoisotopic (exact) mass is 179 g/mol. The predicted molar refractivity (Wildman–Crippen MR) is 58.8 cm³/mol. The summed E-state index contributed by atoms with van der Waals surface area (Å²) < 4.78 is 0. The summed E-state index contributed by atoms with van der Waals surface area (Å²) in [7, 11) is 0. The van der Waals surface area contributed by atoms with Gasteiger partial charge in [0.15, 0.2) is 0 Å². The second-order valence-electron chi connectivity index (χ2n) is 4.06. The lowest BCUT2D eigenvalue weighted by molar-refractivity contribution is 0.442. The highest BCUT2D eigenvalue weighted by Gasteiger charge is 2.08. The minimum atomic E-state index is 0.870. The van der Waals surface area contributed by atoms with Gasteiger partial charge < -0.3 is 5.32 Å². The third kappa shape index (κ3) is 4.89. The Balaban J connectivity index is 1.99. The van der Waals surface area contributed by atoms with Crippen molar-refractivity contribution in [3.63, 3.8) is 0 Å². The average molecular weight is 179 g/mol. The largest absolute Gasteiger partial charge is 0.316 e. The van der Waals surface area contributed by atoms with E-state index >= 15 is 0 Å². The fourth-order valence-electron chi connectivity index (χ4n) is 1.65. The lowest BCUT2D eigenvalue weighted by atomic mass is 9.94. The standard InChI is InChI=1S/C12H21N/c1-11(2)8-9-13-10-12-6-4-3-5-7-12/h3-4,12-13H,1,5-10H2,2H3. The van der Waals surface area contributed by atoms with Gasteiger partial charge in [-0.15, -0.1) is 6.58 Å². The maximum Gasteiger partial charge on any atom is -0.00117 e. The highest BCUT2D eigenvalue weighted by molar-refractivity contribution is 4.91. The first-order chi connectivity index (χ1) is 6.29. The highest BCUT2D eigenvalue weighted by Crippen LogP contribution is 2.16. The summed E-state index contributed by atoms with van der Waals surface area (Å²) in [6, 6.07) is 0. The van der Waals surface area contributed by atoms with Crippen molar-refractivity contribution >= 4 is 0 Å². The molecule has 1 heteroatoms. The molecule has 0 saturated heterocycles. The Morgan fingerprint density at radius 2 is 2.38 bits per heavy atom. The van der Waals surface area contributed by atoms with Gasteiger partial charge in [-0.3, -0.25) is 0 Å². The molecule has 1 N–H and O–H groups in total. The van der Waals surface area contributed by atoms with Crippen LogP contribution in [-0.2, 0) is 0 Å². The summed E-state index contributed by atoms with van der Waals surface area (Å²) in [5, 5.41) is 3.49. The average Bonchev–Trinajstić information content (AvgIpc) is 2.14. The molecule has 13 heavy (non-hydrogen) atoms. The van der Waals surface area contributed by atoms with Crippen LogP contribution in [0.3, 0.4) is 0 Å². The van der Waals surface area contributed by atoms with Crippen LogP contribution < -0.4 is 5.32 Å². The van der Waals surface area contributed by atoms with Crippen molar-refractivity contribution in [3.05, 3.63) is 24.3 Å². The van der Waals surface area contributed by atoms with Crippen molar-refractivity contribution in [1.29, 1.82) is 0 Å². The number of nitrogens with one attached hydrogen (secondary N) is 1. The second kappa shape index (κ2) is 5.98. The van der Waals surface area contributed by atoms with Crippen LogP contribution in [0.1, 0.15) is 32.6 Å². The maximum atomic E-state index is 3.89. The molecule has 1 aliphatic rings. The van der Waals surface area contributed by atoms with Gasteiger partial charge in [0.2, 0.25) is 0 Å². The predicted octanol–water partition coefficient (Wildman–Crippen LogP) is 2.90. The third-order valence-corrected chi connectivity index (χ3v) is 2.54. The first-order valence-electron chi connectivity index (χ1n) is 5.29. The summed E-state index contributed by atoms with van der Waals surface area (Å²) in [6.07, 6.45) is 9.62.